The molecule has 2 fully saturated rings. The zero-order chi connectivity index (χ0) is 73.8. The van der Waals surface area contributed by atoms with Gasteiger partial charge in [0.25, 0.3) is 0 Å². The van der Waals surface area contributed by atoms with Gasteiger partial charge < -0.3 is 90.9 Å². The van der Waals surface area contributed by atoms with E-state index in [-0.39, 0.29) is 88.9 Å². The Hall–Kier alpha value is -9.71. The number of benzene rings is 4. The Morgan fingerprint density at radius 3 is 2.17 bits per heavy atom. The number of nitrogens with two attached hydrogens (primary N) is 2. The zero-order valence-electron chi connectivity index (χ0n) is 60.5. The molecule has 10 N–H and O–H groups in total. The van der Waals surface area contributed by atoms with Crippen molar-refractivity contribution in [2.24, 2.45) is 11.7 Å². The van der Waals surface area contributed by atoms with Crippen molar-refractivity contribution >= 4 is 87.5 Å². The normalized spacial score (nSPS) is 15.1. The van der Waals surface area contributed by atoms with Crippen LogP contribution >= 0.6 is 0 Å². The van der Waals surface area contributed by atoms with Crippen LogP contribution in [0.15, 0.2) is 103 Å². The topological polar surface area (TPSA) is 349 Å². The van der Waals surface area contributed by atoms with Gasteiger partial charge in [-0.15, -0.1) is 0 Å². The Bertz CT molecular complexity index is 3880. The highest BCUT2D eigenvalue weighted by molar-refractivity contribution is 6.00. The van der Waals surface area contributed by atoms with Crippen molar-refractivity contribution in [3.05, 3.63) is 137 Å². The summed E-state index contributed by atoms with van der Waals surface area (Å²) in [5.74, 6) is -0.533. The first-order chi connectivity index (χ1) is 50.4. The third kappa shape index (κ3) is 23.4. The largest absolute Gasteiger partial charge is 0.496 e. The van der Waals surface area contributed by atoms with Gasteiger partial charge in [0, 0.05) is 82.5 Å². The molecule has 9 rings (SSSR count). The maximum atomic E-state index is 13.8. The molecule has 104 heavy (non-hydrogen) atoms. The molecule has 0 radical (unpaired) electrons. The molecule has 28 heteroatoms. The predicted molar refractivity (Wildman–Crippen MR) is 396 cm³/mol. The Morgan fingerprint density at radius 1 is 0.712 bits per heavy atom. The lowest BCUT2D eigenvalue weighted by Crippen LogP contribution is -2.70. The van der Waals surface area contributed by atoms with E-state index in [4.69, 9.17) is 44.6 Å². The van der Waals surface area contributed by atoms with E-state index in [1.807, 2.05) is 54.7 Å². The summed E-state index contributed by atoms with van der Waals surface area (Å²) in [6, 6.07) is 28.1. The number of ether oxygens (including phenoxy) is 7. The number of unbranched alkanes of at least 4 members (excludes halogenated alkanes) is 2. The van der Waals surface area contributed by atoms with Gasteiger partial charge in [-0.1, -0.05) is 100 Å². The summed E-state index contributed by atoms with van der Waals surface area (Å²) in [7, 11) is 1.67. The second-order valence-corrected chi connectivity index (χ2v) is 26.6. The van der Waals surface area contributed by atoms with Crippen LogP contribution in [0, 0.1) is 5.92 Å². The molecule has 0 unspecified atom stereocenters. The highest BCUT2D eigenvalue weighted by Gasteiger charge is 2.48. The van der Waals surface area contributed by atoms with Gasteiger partial charge in [0.1, 0.15) is 35.6 Å². The van der Waals surface area contributed by atoms with Gasteiger partial charge in [-0.25, -0.2) is 14.6 Å². The predicted octanol–water partition coefficient (Wildman–Crippen LogP) is 7.37. The molecule has 8 amide bonds. The van der Waals surface area contributed by atoms with Crippen LogP contribution < -0.4 is 53.0 Å². The molecule has 6 aromatic rings. The number of nitrogens with one attached hydrogen (secondary N) is 6. The van der Waals surface area contributed by atoms with Gasteiger partial charge >= 0.3 is 12.1 Å². The van der Waals surface area contributed by atoms with Gasteiger partial charge in [0.05, 0.1) is 97.4 Å². The molecule has 0 saturated carbocycles. The number of nitrogens with zero attached hydrogens (tertiary/aromatic N) is 6. The molecule has 560 valence electrons. The number of amides is 8. The average molecular weight is 1440 g/mol. The number of anilines is 4. The molecule has 2 atom stereocenters. The van der Waals surface area contributed by atoms with Crippen LogP contribution in [0.2, 0.25) is 0 Å². The number of nitrogen functional groups attached to an aromatic ring is 1. The number of primary amides is 1. The van der Waals surface area contributed by atoms with E-state index in [0.29, 0.717) is 109 Å². The molecule has 4 aromatic carbocycles. The number of allylic oxidation sites excluding steroid dienone is 1. The highest BCUT2D eigenvalue weighted by atomic mass is 16.6. The van der Waals surface area contributed by atoms with Crippen molar-refractivity contribution in [2.45, 2.75) is 123 Å². The fourth-order valence-electron chi connectivity index (χ4n) is 12.8. The minimum Gasteiger partial charge on any atom is -0.496 e. The van der Waals surface area contributed by atoms with E-state index in [1.54, 1.807) is 55.0 Å². The molecule has 5 heterocycles. The Kier molecular flexibility index (Phi) is 30.0. The van der Waals surface area contributed by atoms with E-state index < -0.39 is 47.5 Å². The lowest BCUT2D eigenvalue weighted by molar-refractivity contribution is -0.181. The van der Waals surface area contributed by atoms with E-state index >= 15 is 0 Å². The number of urea groups is 1. The number of fused-ring (bicyclic) bond motifs is 3. The summed E-state index contributed by atoms with van der Waals surface area (Å²) in [6.07, 6.45) is 7.40. The third-order valence-electron chi connectivity index (χ3n) is 18.2. The molecule has 3 aliphatic rings. The van der Waals surface area contributed by atoms with Crippen molar-refractivity contribution in [3.8, 4) is 5.75 Å². The van der Waals surface area contributed by atoms with E-state index in [1.165, 1.54) is 0 Å². The summed E-state index contributed by atoms with van der Waals surface area (Å²) >= 11 is 0. The van der Waals surface area contributed by atoms with Crippen LogP contribution in [-0.4, -0.2) is 196 Å². The second kappa shape index (κ2) is 39.8. The number of aromatic nitrogens is 3. The van der Waals surface area contributed by atoms with Crippen molar-refractivity contribution < 1.29 is 66.7 Å². The van der Waals surface area contributed by atoms with Gasteiger partial charge in [-0.3, -0.25) is 28.9 Å². The number of morpholine rings is 1. The lowest BCUT2D eigenvalue weighted by Gasteiger charge is -2.53. The molecule has 0 aliphatic carbocycles. The first kappa shape index (κ1) is 78.4. The number of methoxy groups -OCH3 is 1. The van der Waals surface area contributed by atoms with Gasteiger partial charge in [0.15, 0.2) is 5.82 Å². The third-order valence-corrected chi connectivity index (χ3v) is 18.2. The molecular weight excluding hydrogens is 1330 g/mol. The van der Waals surface area contributed by atoms with Gasteiger partial charge in [-0.05, 0) is 102 Å². The quantitative estimate of drug-likeness (QED) is 0.0174. The van der Waals surface area contributed by atoms with Crippen LogP contribution in [0.25, 0.3) is 22.7 Å². The first-order valence-corrected chi connectivity index (χ1v) is 35.9. The van der Waals surface area contributed by atoms with Crippen LogP contribution in [0.1, 0.15) is 112 Å². The molecule has 1 spiro atoms. The summed E-state index contributed by atoms with van der Waals surface area (Å²) in [5.41, 5.74) is 20.7. The molecule has 3 aliphatic heterocycles. The monoisotopic (exact) mass is 1430 g/mol. The van der Waals surface area contributed by atoms with Crippen molar-refractivity contribution in [3.63, 3.8) is 0 Å². The summed E-state index contributed by atoms with van der Waals surface area (Å²) < 4.78 is 42.5. The number of likely N-dealkylation sites (tertiary alicyclic amines) is 1. The zero-order valence-corrected chi connectivity index (χ0v) is 60.5. The van der Waals surface area contributed by atoms with E-state index in [9.17, 15) is 33.6 Å². The minimum absolute atomic E-state index is 0.0152. The number of hydrogen-bond acceptors (Lipinski definition) is 19. The molecule has 0 bridgehead atoms. The maximum absolute atomic E-state index is 13.8. The minimum atomic E-state index is -1.06. The molecule has 2 aromatic heterocycles. The van der Waals surface area contributed by atoms with E-state index in [2.05, 4.69) is 95.5 Å². The second-order valence-electron chi connectivity index (χ2n) is 26.6. The van der Waals surface area contributed by atoms with Crippen LogP contribution in [0.5, 0.6) is 5.75 Å². The fourth-order valence-corrected chi connectivity index (χ4v) is 12.8. The SMILES string of the molecule is CCCCCNc1nc(N)nc2ccn(Cc3ccc(CN4CC5(C4)CN(C(=O)OCc4ccc(NC(=O)[C@H](CCCNC(N)=O)NC(=O)[C@@H](NC(=O)CCOCCOCCOCCOCCNC(=O)CCC(=O)N6Cc7ccccc7/C(C)=C\c7ccccc76)C(C)C)cc4)CCO5)cc3OC)c12. The van der Waals surface area contributed by atoms with E-state index in [0.717, 1.165) is 81.7 Å². The number of hydrogen-bond donors (Lipinski definition) is 8. The molecule has 28 nitrogen and oxygen atoms in total. The Balaban J connectivity index is 0.620. The Labute approximate surface area is 607 Å². The standard InChI is InChI=1S/C76H102N14O14/c1-6-7-12-29-80-70-69-61(84-73(77)86-70)27-32-88(69)46-58-22-19-55(44-64(58)98-5)45-87-49-76(50-87)51-89(33-36-104-76)75(97)103-48-54-20-23-59(24-21-54)82-71(94)62(17-13-30-81-74(78)96)83-72(95)68(52(2)3)85-66(92)28-34-99-37-39-101-41-42-102-40-38-100-35-31-79-65(91)25-26-67(93)90-47-57-15-8-10-16-60(57)53(4)43-56-14-9-11-18-63(56)90/h8-11,14-16,18-24,27,32,43-44,52,62,68H,6-7,12-13,17,25-26,28-31,33-42,45-51H2,1-5H3,(H,79,91)(H,82,94)(H,83,95)(H,85,92)(H3,78,81,96)(H3,77,80,84,86)/b53-43-/t62-,68-/m0/s1. The van der Waals surface area contributed by atoms with Crippen LogP contribution in [-0.2, 0) is 78.6 Å². The summed E-state index contributed by atoms with van der Waals surface area (Å²) in [5, 5.41) is 17.2. The van der Waals surface area contributed by atoms with Crippen LogP contribution in [0.4, 0.5) is 32.7 Å². The summed E-state index contributed by atoms with van der Waals surface area (Å²) in [6.45, 7) is 15.1. The number of rotatable bonds is 40. The lowest BCUT2D eigenvalue weighted by atomic mass is 9.91. The maximum Gasteiger partial charge on any atom is 0.410 e. The smallest absolute Gasteiger partial charge is 0.410 e. The summed E-state index contributed by atoms with van der Waals surface area (Å²) in [4.78, 5) is 107. The molecule has 2 saturated heterocycles. The van der Waals surface area contributed by atoms with Crippen LogP contribution in [0.3, 0.4) is 0 Å². The number of carbonyl (C=O) groups is 7. The Morgan fingerprint density at radius 2 is 1.43 bits per heavy atom. The number of carbonyl (C=O) groups excluding carboxylic acids is 7. The van der Waals surface area contributed by atoms with Crippen molar-refractivity contribution in [2.75, 3.05) is 134 Å². The number of para-hydroxylation sites is 1. The van der Waals surface area contributed by atoms with Gasteiger partial charge in [0.2, 0.25) is 35.5 Å². The van der Waals surface area contributed by atoms with Gasteiger partial charge in [-0.2, -0.15) is 4.98 Å². The highest BCUT2D eigenvalue weighted by Crippen LogP contribution is 2.35. The first-order valence-electron chi connectivity index (χ1n) is 35.9. The molecular formula is C76H102N14O14. The van der Waals surface area contributed by atoms with Crippen molar-refractivity contribution in [1.29, 1.82) is 0 Å². The average Bonchev–Trinajstić information content (AvgIpc) is 0.867. The van der Waals surface area contributed by atoms with Crippen molar-refractivity contribution in [1.82, 2.24) is 45.6 Å². The fraction of sp³-hybridized carbons (Fsp3) is 0.487.